The molecule has 0 aliphatic carbocycles. The molecule has 0 spiro atoms. The van der Waals surface area contributed by atoms with Crippen LogP contribution in [-0.4, -0.2) is 42.4 Å². The number of benzene rings is 1. The van der Waals surface area contributed by atoms with Crippen molar-refractivity contribution in [3.05, 3.63) is 77.3 Å². The third-order valence-corrected chi connectivity index (χ3v) is 4.87. The Morgan fingerprint density at radius 1 is 1.14 bits per heavy atom. The highest BCUT2D eigenvalue weighted by Crippen LogP contribution is 2.25. The number of hydrogen-bond donors (Lipinski definition) is 1. The van der Waals surface area contributed by atoms with Crippen molar-refractivity contribution in [2.75, 3.05) is 31.2 Å². The fraction of sp³-hybridized carbons (Fsp3) is 0.286. The minimum atomic E-state index is -0.311. The molecule has 1 saturated heterocycles. The third-order valence-electron chi connectivity index (χ3n) is 4.87. The lowest BCUT2D eigenvalue weighted by Crippen LogP contribution is -2.36. The number of aryl methyl sites for hydroxylation is 1. The number of amides is 1. The summed E-state index contributed by atoms with van der Waals surface area (Å²) in [5.74, 6) is 0.538. The molecule has 1 atom stereocenters. The van der Waals surface area contributed by atoms with Crippen LogP contribution in [0.2, 0.25) is 0 Å². The highest BCUT2D eigenvalue weighted by atomic mass is 16.5. The number of morpholine rings is 1. The molecule has 0 saturated carbocycles. The molecular formula is C21H22N4O3. The Kier molecular flexibility index (Phi) is 5.34. The number of anilines is 1. The van der Waals surface area contributed by atoms with Crippen LogP contribution in [0.3, 0.4) is 0 Å². The number of hydrogen-bond acceptors (Lipinski definition) is 6. The van der Waals surface area contributed by atoms with E-state index >= 15 is 0 Å². The van der Waals surface area contributed by atoms with Crippen molar-refractivity contribution >= 4 is 11.7 Å². The van der Waals surface area contributed by atoms with Crippen molar-refractivity contribution in [3.8, 4) is 0 Å². The lowest BCUT2D eigenvalue weighted by Gasteiger charge is -2.25. The Hall–Kier alpha value is -3.19. The highest BCUT2D eigenvalue weighted by molar-refractivity contribution is 5.92. The van der Waals surface area contributed by atoms with Gasteiger partial charge in [-0.05, 0) is 35.7 Å². The van der Waals surface area contributed by atoms with Crippen LogP contribution in [0.25, 0.3) is 0 Å². The van der Waals surface area contributed by atoms with Crippen LogP contribution in [0.15, 0.2) is 59.4 Å². The Bertz CT molecular complexity index is 936. The summed E-state index contributed by atoms with van der Waals surface area (Å²) in [5, 5.41) is 7.14. The van der Waals surface area contributed by atoms with Gasteiger partial charge in [-0.25, -0.2) is 0 Å². The molecule has 1 aromatic carbocycles. The molecular weight excluding hydrogens is 356 g/mol. The smallest absolute Gasteiger partial charge is 0.290 e. The zero-order chi connectivity index (χ0) is 19.3. The van der Waals surface area contributed by atoms with Crippen molar-refractivity contribution < 1.29 is 14.1 Å². The Morgan fingerprint density at radius 2 is 1.89 bits per heavy atom. The average molecular weight is 378 g/mol. The zero-order valence-electron chi connectivity index (χ0n) is 15.7. The lowest BCUT2D eigenvalue weighted by molar-refractivity contribution is 0.0905. The molecule has 28 heavy (non-hydrogen) atoms. The van der Waals surface area contributed by atoms with Gasteiger partial charge in [0.1, 0.15) is 0 Å². The van der Waals surface area contributed by atoms with Gasteiger partial charge in [-0.3, -0.25) is 9.78 Å². The van der Waals surface area contributed by atoms with Crippen LogP contribution >= 0.6 is 0 Å². The second-order valence-corrected chi connectivity index (χ2v) is 6.69. The van der Waals surface area contributed by atoms with Gasteiger partial charge in [-0.2, -0.15) is 0 Å². The van der Waals surface area contributed by atoms with Gasteiger partial charge in [0.25, 0.3) is 5.91 Å². The van der Waals surface area contributed by atoms with Crippen LogP contribution in [0.1, 0.15) is 33.3 Å². The van der Waals surface area contributed by atoms with Crippen LogP contribution in [0.5, 0.6) is 0 Å². The molecule has 0 radical (unpaired) electrons. The van der Waals surface area contributed by atoms with Crippen LogP contribution < -0.4 is 10.2 Å². The summed E-state index contributed by atoms with van der Waals surface area (Å²) >= 11 is 0. The maximum Gasteiger partial charge on any atom is 0.290 e. The minimum absolute atomic E-state index is 0.189. The molecule has 1 amide bonds. The normalized spacial score (nSPS) is 15.2. The van der Waals surface area contributed by atoms with Crippen LogP contribution in [0, 0.1) is 6.92 Å². The molecule has 2 aromatic heterocycles. The van der Waals surface area contributed by atoms with Crippen molar-refractivity contribution in [2.45, 2.75) is 13.0 Å². The molecule has 144 valence electrons. The number of carbonyl (C=O) groups is 1. The summed E-state index contributed by atoms with van der Waals surface area (Å²) in [6.07, 6.45) is 3.44. The number of carbonyl (C=O) groups excluding carboxylic acids is 1. The van der Waals surface area contributed by atoms with E-state index in [1.165, 1.54) is 0 Å². The summed E-state index contributed by atoms with van der Waals surface area (Å²) in [5.41, 5.74) is 3.07. The zero-order valence-corrected chi connectivity index (χ0v) is 15.7. The van der Waals surface area contributed by atoms with E-state index < -0.39 is 0 Å². The standard InChI is InChI=1S/C21H22N4O3/c1-15-4-2-3-5-17(15)20(16-6-8-22-9-7-16)23-21(26)18-14-19(24-28-18)25-10-12-27-13-11-25/h2-9,14,20H,10-13H2,1H3,(H,23,26). The monoisotopic (exact) mass is 378 g/mol. The molecule has 0 bridgehead atoms. The van der Waals surface area contributed by atoms with Gasteiger partial charge in [-0.1, -0.05) is 29.4 Å². The van der Waals surface area contributed by atoms with Gasteiger partial charge in [0.2, 0.25) is 5.76 Å². The summed E-state index contributed by atoms with van der Waals surface area (Å²) in [4.78, 5) is 19.0. The number of aromatic nitrogens is 2. The Labute approximate surface area is 163 Å². The minimum Gasteiger partial charge on any atom is -0.378 e. The Balaban J connectivity index is 1.58. The Morgan fingerprint density at radius 3 is 2.64 bits per heavy atom. The average Bonchev–Trinajstić information content (AvgIpc) is 3.24. The van der Waals surface area contributed by atoms with Crippen molar-refractivity contribution in [3.63, 3.8) is 0 Å². The summed E-state index contributed by atoms with van der Waals surface area (Å²) in [6.45, 7) is 4.78. The molecule has 3 aromatic rings. The van der Waals surface area contributed by atoms with Crippen molar-refractivity contribution in [1.29, 1.82) is 0 Å². The summed E-state index contributed by atoms with van der Waals surface area (Å²) in [7, 11) is 0. The second-order valence-electron chi connectivity index (χ2n) is 6.69. The quantitative estimate of drug-likeness (QED) is 0.735. The fourth-order valence-corrected chi connectivity index (χ4v) is 3.32. The summed E-state index contributed by atoms with van der Waals surface area (Å²) < 4.78 is 10.7. The molecule has 3 heterocycles. The molecule has 7 nitrogen and oxygen atoms in total. The van der Waals surface area contributed by atoms with Gasteiger partial charge in [0, 0.05) is 31.5 Å². The largest absolute Gasteiger partial charge is 0.378 e. The molecule has 1 N–H and O–H groups in total. The predicted molar refractivity (Wildman–Crippen MR) is 104 cm³/mol. The van der Waals surface area contributed by atoms with E-state index in [-0.39, 0.29) is 17.7 Å². The van der Waals surface area contributed by atoms with Gasteiger partial charge >= 0.3 is 0 Å². The van der Waals surface area contributed by atoms with Gasteiger partial charge in [-0.15, -0.1) is 0 Å². The topological polar surface area (TPSA) is 80.5 Å². The number of nitrogens with one attached hydrogen (secondary N) is 1. The molecule has 1 aliphatic heterocycles. The number of nitrogens with zero attached hydrogens (tertiary/aromatic N) is 3. The SMILES string of the molecule is Cc1ccccc1C(NC(=O)c1cc(N2CCOCC2)no1)c1ccncc1. The molecule has 1 aliphatic rings. The number of rotatable bonds is 5. The van der Waals surface area contributed by atoms with Gasteiger partial charge < -0.3 is 19.5 Å². The van der Waals surface area contributed by atoms with E-state index in [2.05, 4.69) is 15.5 Å². The van der Waals surface area contributed by atoms with Gasteiger partial charge in [0.15, 0.2) is 5.82 Å². The molecule has 1 fully saturated rings. The number of ether oxygens (including phenoxy) is 1. The van der Waals surface area contributed by atoms with Crippen LogP contribution in [0.4, 0.5) is 5.82 Å². The number of pyridine rings is 1. The maximum absolute atomic E-state index is 12.9. The first-order chi connectivity index (χ1) is 13.7. The van der Waals surface area contributed by atoms with Gasteiger partial charge in [0.05, 0.1) is 19.3 Å². The van der Waals surface area contributed by atoms with Crippen molar-refractivity contribution in [1.82, 2.24) is 15.5 Å². The lowest BCUT2D eigenvalue weighted by atomic mass is 9.95. The first kappa shape index (κ1) is 18.2. The molecule has 7 heteroatoms. The fourth-order valence-electron chi connectivity index (χ4n) is 3.32. The summed E-state index contributed by atoms with van der Waals surface area (Å²) in [6, 6.07) is 13.2. The molecule has 1 unspecified atom stereocenters. The first-order valence-electron chi connectivity index (χ1n) is 9.28. The second kappa shape index (κ2) is 8.22. The first-order valence-corrected chi connectivity index (χ1v) is 9.28. The van der Waals surface area contributed by atoms with E-state index in [0.717, 1.165) is 29.8 Å². The van der Waals surface area contributed by atoms with Crippen molar-refractivity contribution in [2.24, 2.45) is 0 Å². The predicted octanol–water partition coefficient (Wildman–Crippen LogP) is 2.73. The van der Waals surface area contributed by atoms with E-state index in [4.69, 9.17) is 9.26 Å². The van der Waals surface area contributed by atoms with E-state index in [1.54, 1.807) is 18.5 Å². The highest BCUT2D eigenvalue weighted by Gasteiger charge is 2.23. The van der Waals surface area contributed by atoms with E-state index in [0.29, 0.717) is 19.0 Å². The van der Waals surface area contributed by atoms with E-state index in [9.17, 15) is 4.79 Å². The van der Waals surface area contributed by atoms with Crippen LogP contribution in [-0.2, 0) is 4.74 Å². The maximum atomic E-state index is 12.9. The third kappa shape index (κ3) is 3.89. The molecule has 4 rings (SSSR count). The van der Waals surface area contributed by atoms with E-state index in [1.807, 2.05) is 48.2 Å².